The van der Waals surface area contributed by atoms with Crippen molar-refractivity contribution >= 4 is 20.5 Å². The molecule has 0 heterocycles. The fraction of sp³-hybridized carbons (Fsp3) is 0.636. The van der Waals surface area contributed by atoms with Gasteiger partial charge in [-0.25, -0.2) is 0 Å². The molecule has 0 saturated heterocycles. The van der Waals surface area contributed by atoms with Crippen molar-refractivity contribution in [3.8, 4) is 0 Å². The molecule has 0 aliphatic rings. The topological polar surface area (TPSA) is 52.6 Å². The molecule has 0 fully saturated rings. The number of rotatable bonds is 7. The van der Waals surface area contributed by atoms with E-state index in [0.29, 0.717) is 6.04 Å². The average molecular weight is 244 g/mol. The quantitative estimate of drug-likeness (QED) is 0.392. The van der Waals surface area contributed by atoms with Crippen LogP contribution in [0.15, 0.2) is 12.7 Å². The zero-order chi connectivity index (χ0) is 12.6. The molecule has 4 nitrogen and oxygen atoms in total. The van der Waals surface area contributed by atoms with Gasteiger partial charge in [0.05, 0.1) is 0 Å². The van der Waals surface area contributed by atoms with Crippen LogP contribution in [0.3, 0.4) is 0 Å². The average Bonchev–Trinajstić information content (AvgIpc) is 2.09. The Balaban J connectivity index is 4.23. The van der Waals surface area contributed by atoms with E-state index in [2.05, 4.69) is 6.58 Å². The first-order valence-electron chi connectivity index (χ1n) is 5.39. The van der Waals surface area contributed by atoms with Crippen molar-refractivity contribution in [2.24, 2.45) is 0 Å². The molecule has 16 heavy (non-hydrogen) atoms. The Bertz CT molecular complexity index is 247. The second kappa shape index (κ2) is 7.22. The SMILES string of the molecule is C=CCCCC[Si](C)(OC(C)=O)OC(C)=O. The molecule has 0 amide bonds. The maximum atomic E-state index is 10.9. The van der Waals surface area contributed by atoms with E-state index >= 15 is 0 Å². The van der Waals surface area contributed by atoms with Crippen LogP contribution in [-0.4, -0.2) is 20.5 Å². The Hall–Kier alpha value is -1.10. The summed E-state index contributed by atoms with van der Waals surface area (Å²) in [4.78, 5) is 21.9. The van der Waals surface area contributed by atoms with Gasteiger partial charge < -0.3 is 8.85 Å². The summed E-state index contributed by atoms with van der Waals surface area (Å²) in [6.07, 6.45) is 4.60. The fourth-order valence-corrected chi connectivity index (χ4v) is 3.82. The molecule has 0 saturated carbocycles. The van der Waals surface area contributed by atoms with Gasteiger partial charge in [-0.15, -0.1) is 6.58 Å². The first-order chi connectivity index (χ1) is 7.39. The monoisotopic (exact) mass is 244 g/mol. The lowest BCUT2D eigenvalue weighted by Gasteiger charge is -2.24. The van der Waals surface area contributed by atoms with Gasteiger partial charge >= 0.3 is 8.56 Å². The Morgan fingerprint density at radius 2 is 1.69 bits per heavy atom. The third-order valence-electron chi connectivity index (χ3n) is 2.01. The van der Waals surface area contributed by atoms with Crippen LogP contribution in [-0.2, 0) is 18.4 Å². The van der Waals surface area contributed by atoms with Crippen molar-refractivity contribution in [1.82, 2.24) is 0 Å². The predicted octanol–water partition coefficient (Wildman–Crippen LogP) is 2.54. The van der Waals surface area contributed by atoms with Gasteiger partial charge in [0, 0.05) is 26.4 Å². The minimum atomic E-state index is -2.66. The van der Waals surface area contributed by atoms with Crippen LogP contribution < -0.4 is 0 Å². The molecular formula is C11H20O4Si. The van der Waals surface area contributed by atoms with Gasteiger partial charge in [0.2, 0.25) is 0 Å². The molecule has 0 aliphatic heterocycles. The normalized spacial score (nSPS) is 10.7. The minimum Gasteiger partial charge on any atom is -0.485 e. The van der Waals surface area contributed by atoms with Crippen LogP contribution in [0.2, 0.25) is 12.6 Å². The summed E-state index contributed by atoms with van der Waals surface area (Å²) < 4.78 is 10.3. The molecule has 0 unspecified atom stereocenters. The Labute approximate surface area is 97.9 Å². The molecule has 92 valence electrons. The van der Waals surface area contributed by atoms with Crippen LogP contribution in [0.4, 0.5) is 0 Å². The number of carbonyl (C=O) groups is 2. The van der Waals surface area contributed by atoms with E-state index in [4.69, 9.17) is 8.85 Å². The van der Waals surface area contributed by atoms with E-state index < -0.39 is 8.56 Å². The molecule has 0 spiro atoms. The zero-order valence-corrected chi connectivity index (χ0v) is 11.2. The molecule has 0 bridgehead atoms. The van der Waals surface area contributed by atoms with Gasteiger partial charge in [-0.05, 0) is 19.3 Å². The summed E-state index contributed by atoms with van der Waals surface area (Å²) in [7, 11) is -2.66. The number of hydrogen-bond acceptors (Lipinski definition) is 4. The van der Waals surface area contributed by atoms with Crippen molar-refractivity contribution in [2.75, 3.05) is 0 Å². The molecule has 0 aromatic carbocycles. The molecule has 0 aliphatic carbocycles. The summed E-state index contributed by atoms with van der Waals surface area (Å²) in [5.41, 5.74) is 0. The third kappa shape index (κ3) is 7.22. The minimum absolute atomic E-state index is 0.390. The largest absolute Gasteiger partial charge is 0.485 e. The van der Waals surface area contributed by atoms with Gasteiger partial charge in [-0.2, -0.15) is 0 Å². The van der Waals surface area contributed by atoms with E-state index in [1.54, 1.807) is 6.55 Å². The van der Waals surface area contributed by atoms with E-state index in [-0.39, 0.29) is 11.9 Å². The third-order valence-corrected chi connectivity index (χ3v) is 4.71. The van der Waals surface area contributed by atoms with E-state index in [1.807, 2.05) is 6.08 Å². The van der Waals surface area contributed by atoms with Crippen molar-refractivity contribution in [3.05, 3.63) is 12.7 Å². The van der Waals surface area contributed by atoms with Crippen LogP contribution in [0.5, 0.6) is 0 Å². The van der Waals surface area contributed by atoms with Crippen LogP contribution in [0.25, 0.3) is 0 Å². The van der Waals surface area contributed by atoms with Crippen LogP contribution >= 0.6 is 0 Å². The molecule has 0 atom stereocenters. The standard InChI is InChI=1S/C11H20O4Si/c1-5-6-7-8-9-16(4,14-10(2)12)15-11(3)13/h5H,1,6-9H2,2-4H3. The summed E-state index contributed by atoms with van der Waals surface area (Å²) in [5, 5.41) is 0. The molecule has 0 aromatic heterocycles. The first kappa shape index (κ1) is 14.9. The van der Waals surface area contributed by atoms with Gasteiger partial charge in [-0.1, -0.05) is 6.08 Å². The van der Waals surface area contributed by atoms with Gasteiger partial charge in [0.1, 0.15) is 0 Å². The van der Waals surface area contributed by atoms with Gasteiger partial charge in [0.15, 0.2) is 0 Å². The summed E-state index contributed by atoms with van der Waals surface area (Å²) >= 11 is 0. The molecule has 0 aromatic rings. The molecule has 5 heteroatoms. The number of carbonyl (C=O) groups excluding carboxylic acids is 2. The lowest BCUT2D eigenvalue weighted by Crippen LogP contribution is -2.41. The number of unbranched alkanes of at least 4 members (excludes halogenated alkanes) is 2. The fourth-order valence-electron chi connectivity index (χ4n) is 1.47. The smallest absolute Gasteiger partial charge is 0.461 e. The number of hydrogen-bond donors (Lipinski definition) is 0. The second-order valence-corrected chi connectivity index (χ2v) is 7.03. The highest BCUT2D eigenvalue weighted by Crippen LogP contribution is 2.18. The van der Waals surface area contributed by atoms with Crippen molar-refractivity contribution < 1.29 is 18.4 Å². The number of allylic oxidation sites excluding steroid dienone is 1. The molecule has 0 N–H and O–H groups in total. The second-order valence-electron chi connectivity index (χ2n) is 3.86. The highest BCUT2D eigenvalue weighted by molar-refractivity contribution is 6.69. The van der Waals surface area contributed by atoms with Crippen molar-refractivity contribution in [1.29, 1.82) is 0 Å². The molecular weight excluding hydrogens is 224 g/mol. The maximum absolute atomic E-state index is 10.9. The Kier molecular flexibility index (Phi) is 6.72. The predicted molar refractivity (Wildman–Crippen MR) is 64.0 cm³/mol. The van der Waals surface area contributed by atoms with Crippen LogP contribution in [0, 0.1) is 0 Å². The summed E-state index contributed by atoms with van der Waals surface area (Å²) in [6.45, 7) is 8.04. The van der Waals surface area contributed by atoms with Crippen molar-refractivity contribution in [3.63, 3.8) is 0 Å². The molecule has 0 radical (unpaired) electrons. The summed E-state index contributed by atoms with van der Waals surface area (Å²) in [6, 6.07) is 0.639. The highest BCUT2D eigenvalue weighted by atomic mass is 28.4. The van der Waals surface area contributed by atoms with Gasteiger partial charge in [-0.3, -0.25) is 9.59 Å². The van der Waals surface area contributed by atoms with E-state index in [0.717, 1.165) is 19.3 Å². The van der Waals surface area contributed by atoms with Crippen molar-refractivity contribution in [2.45, 2.75) is 45.7 Å². The van der Waals surface area contributed by atoms with E-state index in [9.17, 15) is 9.59 Å². The summed E-state index contributed by atoms with van der Waals surface area (Å²) in [5.74, 6) is -0.779. The lowest BCUT2D eigenvalue weighted by molar-refractivity contribution is -0.138. The Morgan fingerprint density at radius 3 is 2.06 bits per heavy atom. The highest BCUT2D eigenvalue weighted by Gasteiger charge is 2.37. The van der Waals surface area contributed by atoms with E-state index in [1.165, 1.54) is 13.8 Å². The zero-order valence-electron chi connectivity index (χ0n) is 10.2. The first-order valence-corrected chi connectivity index (χ1v) is 7.92. The van der Waals surface area contributed by atoms with Crippen LogP contribution in [0.1, 0.15) is 33.1 Å². The maximum Gasteiger partial charge on any atom is 0.461 e. The lowest BCUT2D eigenvalue weighted by atomic mass is 10.2. The molecule has 0 rings (SSSR count). The van der Waals surface area contributed by atoms with Gasteiger partial charge in [0.25, 0.3) is 11.9 Å². The Morgan fingerprint density at radius 1 is 1.19 bits per heavy atom.